The van der Waals surface area contributed by atoms with E-state index in [9.17, 15) is 18.0 Å². The van der Waals surface area contributed by atoms with E-state index in [1.54, 1.807) is 12.1 Å². The van der Waals surface area contributed by atoms with Crippen molar-refractivity contribution in [3.05, 3.63) is 29.8 Å². The standard InChI is InChI=1S/C17H22N4O4S/c1-11-9-15(22)20-21-16(11)12-3-5-13(6-4-12)19-17(23)14-10-26(24,25)8-2-7-18-14/h3-6,11,14,18H,2,7-10H2,1H3,(H,19,23)(H,20,22). The van der Waals surface area contributed by atoms with E-state index >= 15 is 0 Å². The number of carbonyl (C=O) groups is 2. The molecule has 1 fully saturated rings. The van der Waals surface area contributed by atoms with Crippen molar-refractivity contribution in [2.24, 2.45) is 11.0 Å². The first kappa shape index (κ1) is 18.5. The molecule has 9 heteroatoms. The van der Waals surface area contributed by atoms with Crippen molar-refractivity contribution in [2.45, 2.75) is 25.8 Å². The fourth-order valence-electron chi connectivity index (χ4n) is 3.09. The van der Waals surface area contributed by atoms with Crippen molar-refractivity contribution in [2.75, 3.05) is 23.4 Å². The molecule has 3 rings (SSSR count). The number of nitrogens with zero attached hydrogens (tertiary/aromatic N) is 1. The summed E-state index contributed by atoms with van der Waals surface area (Å²) in [6.45, 7) is 2.44. The van der Waals surface area contributed by atoms with Crippen LogP contribution in [-0.4, -0.2) is 50.0 Å². The van der Waals surface area contributed by atoms with Gasteiger partial charge < -0.3 is 10.6 Å². The largest absolute Gasteiger partial charge is 0.325 e. The second kappa shape index (κ2) is 7.55. The molecule has 8 nitrogen and oxygen atoms in total. The Kier molecular flexibility index (Phi) is 5.38. The molecule has 2 aliphatic heterocycles. The maximum atomic E-state index is 12.4. The highest BCUT2D eigenvalue weighted by atomic mass is 32.2. The number of amides is 2. The Morgan fingerprint density at radius 3 is 2.69 bits per heavy atom. The lowest BCUT2D eigenvalue weighted by Crippen LogP contribution is -2.43. The normalized spacial score (nSPS) is 25.6. The summed E-state index contributed by atoms with van der Waals surface area (Å²) in [6.07, 6.45) is 0.900. The van der Waals surface area contributed by atoms with E-state index in [1.165, 1.54) is 0 Å². The summed E-state index contributed by atoms with van der Waals surface area (Å²) >= 11 is 0. The van der Waals surface area contributed by atoms with Crippen LogP contribution in [0.3, 0.4) is 0 Å². The van der Waals surface area contributed by atoms with Crippen LogP contribution in [0.1, 0.15) is 25.3 Å². The SMILES string of the molecule is CC1CC(=O)NN=C1c1ccc(NC(=O)C2CS(=O)(=O)CCCN2)cc1. The van der Waals surface area contributed by atoms with Crippen molar-refractivity contribution < 1.29 is 18.0 Å². The van der Waals surface area contributed by atoms with Crippen molar-refractivity contribution >= 4 is 33.1 Å². The maximum absolute atomic E-state index is 12.4. The fraction of sp³-hybridized carbons (Fsp3) is 0.471. The average Bonchev–Trinajstić information content (AvgIpc) is 2.76. The van der Waals surface area contributed by atoms with Crippen LogP contribution in [0.4, 0.5) is 5.69 Å². The molecule has 0 radical (unpaired) electrons. The molecule has 1 saturated heterocycles. The summed E-state index contributed by atoms with van der Waals surface area (Å²) < 4.78 is 23.7. The number of nitrogens with one attached hydrogen (secondary N) is 3. The number of sulfone groups is 1. The zero-order chi connectivity index (χ0) is 18.7. The second-order valence-electron chi connectivity index (χ2n) is 6.68. The molecule has 140 valence electrons. The molecule has 0 spiro atoms. The summed E-state index contributed by atoms with van der Waals surface area (Å²) in [5.41, 5.74) is 4.71. The highest BCUT2D eigenvalue weighted by Gasteiger charge is 2.28. The van der Waals surface area contributed by atoms with E-state index in [0.717, 1.165) is 11.3 Å². The van der Waals surface area contributed by atoms with E-state index in [0.29, 0.717) is 25.1 Å². The first-order valence-corrected chi connectivity index (χ1v) is 10.4. The Hall–Kier alpha value is -2.26. The molecule has 2 amide bonds. The van der Waals surface area contributed by atoms with Crippen LogP contribution < -0.4 is 16.1 Å². The molecular weight excluding hydrogens is 356 g/mol. The van der Waals surface area contributed by atoms with Gasteiger partial charge in [0.1, 0.15) is 6.04 Å². The Morgan fingerprint density at radius 2 is 2.00 bits per heavy atom. The average molecular weight is 378 g/mol. The quantitative estimate of drug-likeness (QED) is 0.698. The Morgan fingerprint density at radius 1 is 1.27 bits per heavy atom. The molecule has 3 N–H and O–H groups in total. The number of hydrogen-bond acceptors (Lipinski definition) is 6. The summed E-state index contributed by atoms with van der Waals surface area (Å²) in [4.78, 5) is 23.7. The molecule has 1 aromatic rings. The van der Waals surface area contributed by atoms with Crippen LogP contribution >= 0.6 is 0 Å². The van der Waals surface area contributed by atoms with Gasteiger partial charge in [0.2, 0.25) is 11.8 Å². The second-order valence-corrected chi connectivity index (χ2v) is 8.91. The van der Waals surface area contributed by atoms with E-state index < -0.39 is 15.9 Å². The van der Waals surface area contributed by atoms with Crippen molar-refractivity contribution in [1.82, 2.24) is 10.7 Å². The minimum atomic E-state index is -3.21. The third-order valence-corrected chi connectivity index (χ3v) is 6.22. The zero-order valence-corrected chi connectivity index (χ0v) is 15.3. The van der Waals surface area contributed by atoms with Gasteiger partial charge in [-0.1, -0.05) is 19.1 Å². The van der Waals surface area contributed by atoms with Crippen LogP contribution in [0, 0.1) is 5.92 Å². The van der Waals surface area contributed by atoms with Gasteiger partial charge >= 0.3 is 0 Å². The monoisotopic (exact) mass is 378 g/mol. The van der Waals surface area contributed by atoms with Gasteiger partial charge in [0.15, 0.2) is 9.84 Å². The first-order chi connectivity index (χ1) is 12.3. The molecule has 1 aromatic carbocycles. The fourth-order valence-corrected chi connectivity index (χ4v) is 4.62. The molecule has 0 aromatic heterocycles. The topological polar surface area (TPSA) is 117 Å². The predicted octanol–water partition coefficient (Wildman–Crippen LogP) is 0.262. The summed E-state index contributed by atoms with van der Waals surface area (Å²) in [5.74, 6) is -0.528. The van der Waals surface area contributed by atoms with Crippen LogP contribution in [0.25, 0.3) is 0 Å². The molecule has 2 heterocycles. The molecule has 0 aliphatic carbocycles. The van der Waals surface area contributed by atoms with Crippen LogP contribution in [0.2, 0.25) is 0 Å². The Bertz CT molecular complexity index is 833. The van der Waals surface area contributed by atoms with Gasteiger partial charge in [-0.2, -0.15) is 5.10 Å². The molecule has 2 aliphatic rings. The van der Waals surface area contributed by atoms with Gasteiger partial charge in [0.05, 0.1) is 17.2 Å². The predicted molar refractivity (Wildman–Crippen MR) is 98.6 cm³/mol. The lowest BCUT2D eigenvalue weighted by atomic mass is 9.94. The van der Waals surface area contributed by atoms with Gasteiger partial charge in [0, 0.05) is 18.0 Å². The number of carbonyl (C=O) groups excluding carboxylic acids is 2. The Balaban J connectivity index is 1.67. The van der Waals surface area contributed by atoms with Gasteiger partial charge in [-0.25, -0.2) is 13.8 Å². The highest BCUT2D eigenvalue weighted by molar-refractivity contribution is 7.91. The van der Waals surface area contributed by atoms with E-state index in [4.69, 9.17) is 0 Å². The third kappa shape index (κ3) is 4.47. The smallest absolute Gasteiger partial charge is 0.242 e. The van der Waals surface area contributed by atoms with Gasteiger partial charge in [-0.15, -0.1) is 0 Å². The Labute approximate surface area is 152 Å². The van der Waals surface area contributed by atoms with Gasteiger partial charge in [-0.3, -0.25) is 9.59 Å². The minimum Gasteiger partial charge on any atom is -0.325 e. The first-order valence-electron chi connectivity index (χ1n) is 8.55. The number of hydrogen-bond donors (Lipinski definition) is 3. The lowest BCUT2D eigenvalue weighted by molar-refractivity contribution is -0.122. The summed E-state index contributed by atoms with van der Waals surface area (Å²) in [7, 11) is -3.21. The maximum Gasteiger partial charge on any atom is 0.242 e. The zero-order valence-electron chi connectivity index (χ0n) is 14.5. The number of anilines is 1. The molecule has 26 heavy (non-hydrogen) atoms. The van der Waals surface area contributed by atoms with Crippen molar-refractivity contribution in [1.29, 1.82) is 0 Å². The van der Waals surface area contributed by atoms with E-state index in [1.807, 2.05) is 19.1 Å². The summed E-state index contributed by atoms with van der Waals surface area (Å²) in [5, 5.41) is 9.84. The molecule has 2 atom stereocenters. The van der Waals surface area contributed by atoms with Gasteiger partial charge in [0.25, 0.3) is 0 Å². The number of hydrazone groups is 1. The molecular formula is C17H22N4O4S. The summed E-state index contributed by atoms with van der Waals surface area (Å²) in [6, 6.07) is 6.37. The number of benzene rings is 1. The van der Waals surface area contributed by atoms with E-state index in [2.05, 4.69) is 21.2 Å². The third-order valence-electron chi connectivity index (χ3n) is 4.47. The van der Waals surface area contributed by atoms with Crippen LogP contribution in [0.5, 0.6) is 0 Å². The molecule has 0 saturated carbocycles. The highest BCUT2D eigenvalue weighted by Crippen LogP contribution is 2.18. The van der Waals surface area contributed by atoms with E-state index in [-0.39, 0.29) is 29.2 Å². The van der Waals surface area contributed by atoms with Gasteiger partial charge in [-0.05, 0) is 30.7 Å². The van der Waals surface area contributed by atoms with Crippen LogP contribution in [-0.2, 0) is 19.4 Å². The molecule has 2 unspecified atom stereocenters. The minimum absolute atomic E-state index is 0.0181. The van der Waals surface area contributed by atoms with Crippen LogP contribution in [0.15, 0.2) is 29.4 Å². The molecule has 0 bridgehead atoms. The van der Waals surface area contributed by atoms with Crippen molar-refractivity contribution in [3.63, 3.8) is 0 Å². The lowest BCUT2D eigenvalue weighted by Gasteiger charge is -2.19. The van der Waals surface area contributed by atoms with Crippen molar-refractivity contribution in [3.8, 4) is 0 Å². The number of rotatable bonds is 3.